The van der Waals surface area contributed by atoms with Gasteiger partial charge < -0.3 is 10.0 Å². The van der Waals surface area contributed by atoms with Crippen molar-refractivity contribution in [1.82, 2.24) is 14.7 Å². The Hall–Kier alpha value is -1.88. The number of hydrogen-bond acceptors (Lipinski definition) is 3. The molecule has 0 radical (unpaired) electrons. The average molecular weight is 233 g/mol. The highest BCUT2D eigenvalue weighted by molar-refractivity contribution is 5.93. The van der Waals surface area contributed by atoms with Gasteiger partial charge in [-0.2, -0.15) is 5.10 Å². The number of carbonyl (C=O) groups is 1. The number of rotatable bonds is 4. The van der Waals surface area contributed by atoms with E-state index in [0.29, 0.717) is 5.56 Å². The maximum atomic E-state index is 10.8. The van der Waals surface area contributed by atoms with Gasteiger partial charge in [-0.15, -0.1) is 0 Å². The lowest BCUT2D eigenvalue weighted by atomic mass is 10.1. The molecule has 0 saturated heterocycles. The van der Waals surface area contributed by atoms with E-state index < -0.39 is 5.97 Å². The van der Waals surface area contributed by atoms with Crippen molar-refractivity contribution in [2.45, 2.75) is 6.54 Å². The zero-order valence-electron chi connectivity index (χ0n) is 9.92. The Morgan fingerprint density at radius 3 is 2.88 bits per heavy atom. The standard InChI is InChI=1S/C12H15N3O2/c1-14(2)5-6-15-11-4-3-9(12(16)17)7-10(11)8-13-15/h3-4,7-8H,5-6H2,1-2H3,(H,16,17). The van der Waals surface area contributed by atoms with Crippen LogP contribution >= 0.6 is 0 Å². The number of aromatic nitrogens is 2. The summed E-state index contributed by atoms with van der Waals surface area (Å²) >= 11 is 0. The zero-order chi connectivity index (χ0) is 12.4. The van der Waals surface area contributed by atoms with Crippen molar-refractivity contribution in [2.75, 3.05) is 20.6 Å². The zero-order valence-corrected chi connectivity index (χ0v) is 9.92. The molecular formula is C12H15N3O2. The quantitative estimate of drug-likeness (QED) is 0.864. The molecule has 0 amide bonds. The molecule has 2 aromatic rings. The third-order valence-corrected chi connectivity index (χ3v) is 2.65. The van der Waals surface area contributed by atoms with Crippen LogP contribution in [-0.4, -0.2) is 46.4 Å². The normalized spacial score (nSPS) is 11.2. The van der Waals surface area contributed by atoms with Crippen LogP contribution in [0.25, 0.3) is 10.9 Å². The molecule has 0 atom stereocenters. The van der Waals surface area contributed by atoms with E-state index in [9.17, 15) is 4.79 Å². The molecule has 0 saturated carbocycles. The van der Waals surface area contributed by atoms with Gasteiger partial charge in [0.1, 0.15) is 0 Å². The molecule has 1 aromatic carbocycles. The van der Waals surface area contributed by atoms with Gasteiger partial charge in [0.05, 0.1) is 23.8 Å². The molecule has 0 unspecified atom stereocenters. The van der Waals surface area contributed by atoms with Crippen LogP contribution in [-0.2, 0) is 6.54 Å². The smallest absolute Gasteiger partial charge is 0.335 e. The molecule has 0 fully saturated rings. The molecule has 0 aliphatic heterocycles. The Morgan fingerprint density at radius 1 is 1.47 bits per heavy atom. The van der Waals surface area contributed by atoms with Crippen LogP contribution in [0.15, 0.2) is 24.4 Å². The van der Waals surface area contributed by atoms with Gasteiger partial charge in [-0.05, 0) is 32.3 Å². The van der Waals surface area contributed by atoms with Crippen molar-refractivity contribution in [3.8, 4) is 0 Å². The molecule has 5 nitrogen and oxygen atoms in total. The molecule has 0 aliphatic carbocycles. The molecular weight excluding hydrogens is 218 g/mol. The Labute approximate surface area is 99.3 Å². The van der Waals surface area contributed by atoms with Crippen LogP contribution in [0.3, 0.4) is 0 Å². The highest BCUT2D eigenvalue weighted by Crippen LogP contribution is 2.15. The van der Waals surface area contributed by atoms with Crippen molar-refractivity contribution in [2.24, 2.45) is 0 Å². The number of carboxylic acid groups (broad SMARTS) is 1. The lowest BCUT2D eigenvalue weighted by Gasteiger charge is -2.09. The number of hydrogen-bond donors (Lipinski definition) is 1. The van der Waals surface area contributed by atoms with E-state index in [0.717, 1.165) is 24.0 Å². The lowest BCUT2D eigenvalue weighted by Crippen LogP contribution is -2.18. The molecule has 2 rings (SSSR count). The fourth-order valence-electron chi connectivity index (χ4n) is 1.69. The Balaban J connectivity index is 2.31. The van der Waals surface area contributed by atoms with E-state index >= 15 is 0 Å². The fourth-order valence-corrected chi connectivity index (χ4v) is 1.69. The molecule has 0 aliphatic rings. The van der Waals surface area contributed by atoms with E-state index in [4.69, 9.17) is 5.11 Å². The summed E-state index contributed by atoms with van der Waals surface area (Å²) in [6.07, 6.45) is 1.71. The number of carboxylic acids is 1. The first-order valence-electron chi connectivity index (χ1n) is 5.41. The third-order valence-electron chi connectivity index (χ3n) is 2.65. The van der Waals surface area contributed by atoms with Crippen molar-refractivity contribution in [3.63, 3.8) is 0 Å². The van der Waals surface area contributed by atoms with Crippen molar-refractivity contribution in [3.05, 3.63) is 30.0 Å². The van der Waals surface area contributed by atoms with Gasteiger partial charge >= 0.3 is 5.97 Å². The molecule has 90 valence electrons. The summed E-state index contributed by atoms with van der Waals surface area (Å²) in [6.45, 7) is 1.69. The molecule has 0 bridgehead atoms. The number of likely N-dealkylation sites (N-methyl/N-ethyl adjacent to an activating group) is 1. The summed E-state index contributed by atoms with van der Waals surface area (Å²) in [6, 6.07) is 5.07. The molecule has 5 heteroatoms. The van der Waals surface area contributed by atoms with Crippen molar-refractivity contribution >= 4 is 16.9 Å². The predicted molar refractivity (Wildman–Crippen MR) is 65.2 cm³/mol. The Morgan fingerprint density at radius 2 is 2.24 bits per heavy atom. The summed E-state index contributed by atoms with van der Waals surface area (Å²) in [7, 11) is 4.02. The maximum Gasteiger partial charge on any atom is 0.335 e. The van der Waals surface area contributed by atoms with Crippen molar-refractivity contribution in [1.29, 1.82) is 0 Å². The van der Waals surface area contributed by atoms with Gasteiger partial charge in [0.25, 0.3) is 0 Å². The number of benzene rings is 1. The molecule has 0 spiro atoms. The third kappa shape index (κ3) is 2.45. The number of aromatic carboxylic acids is 1. The minimum Gasteiger partial charge on any atom is -0.478 e. The fraction of sp³-hybridized carbons (Fsp3) is 0.333. The number of nitrogens with zero attached hydrogens (tertiary/aromatic N) is 3. The van der Waals surface area contributed by atoms with Crippen LogP contribution in [0, 0.1) is 0 Å². The second-order valence-corrected chi connectivity index (χ2v) is 4.25. The Bertz CT molecular complexity index is 546. The van der Waals surface area contributed by atoms with Crippen LogP contribution in [0.1, 0.15) is 10.4 Å². The van der Waals surface area contributed by atoms with Gasteiger partial charge in [0, 0.05) is 11.9 Å². The molecule has 1 heterocycles. The lowest BCUT2D eigenvalue weighted by molar-refractivity contribution is 0.0697. The molecule has 17 heavy (non-hydrogen) atoms. The van der Waals surface area contributed by atoms with Crippen LogP contribution in [0.2, 0.25) is 0 Å². The van der Waals surface area contributed by atoms with Gasteiger partial charge in [-0.1, -0.05) is 0 Å². The van der Waals surface area contributed by atoms with Crippen LogP contribution in [0.4, 0.5) is 0 Å². The van der Waals surface area contributed by atoms with E-state index in [1.54, 1.807) is 24.4 Å². The summed E-state index contributed by atoms with van der Waals surface area (Å²) in [5, 5.41) is 14.0. The van der Waals surface area contributed by atoms with Crippen LogP contribution in [0.5, 0.6) is 0 Å². The first-order chi connectivity index (χ1) is 8.08. The van der Waals surface area contributed by atoms with E-state index in [1.165, 1.54) is 0 Å². The predicted octanol–water partition coefficient (Wildman–Crippen LogP) is 1.30. The SMILES string of the molecule is CN(C)CCn1ncc2cc(C(=O)O)ccc21. The minimum atomic E-state index is -0.909. The monoisotopic (exact) mass is 233 g/mol. The first kappa shape index (κ1) is 11.6. The average Bonchev–Trinajstić information content (AvgIpc) is 2.68. The summed E-state index contributed by atoms with van der Waals surface area (Å²) < 4.78 is 1.89. The van der Waals surface area contributed by atoms with Gasteiger partial charge in [0.15, 0.2) is 0 Å². The highest BCUT2D eigenvalue weighted by Gasteiger charge is 2.07. The second kappa shape index (κ2) is 4.55. The number of fused-ring (bicyclic) bond motifs is 1. The van der Waals surface area contributed by atoms with E-state index in [2.05, 4.69) is 10.00 Å². The van der Waals surface area contributed by atoms with Gasteiger partial charge in [0.2, 0.25) is 0 Å². The first-order valence-corrected chi connectivity index (χ1v) is 5.41. The minimum absolute atomic E-state index is 0.296. The molecule has 1 N–H and O–H groups in total. The Kier molecular flexibility index (Phi) is 3.10. The summed E-state index contributed by atoms with van der Waals surface area (Å²) in [4.78, 5) is 12.9. The van der Waals surface area contributed by atoms with Crippen molar-refractivity contribution < 1.29 is 9.90 Å². The van der Waals surface area contributed by atoms with E-state index in [1.807, 2.05) is 18.8 Å². The summed E-state index contributed by atoms with van der Waals surface area (Å²) in [5.74, 6) is -0.909. The van der Waals surface area contributed by atoms with Gasteiger partial charge in [-0.3, -0.25) is 4.68 Å². The maximum absolute atomic E-state index is 10.8. The van der Waals surface area contributed by atoms with Gasteiger partial charge in [-0.25, -0.2) is 4.79 Å². The van der Waals surface area contributed by atoms with Crippen LogP contribution < -0.4 is 0 Å². The largest absolute Gasteiger partial charge is 0.478 e. The topological polar surface area (TPSA) is 58.4 Å². The van der Waals surface area contributed by atoms with E-state index in [-0.39, 0.29) is 0 Å². The summed E-state index contributed by atoms with van der Waals surface area (Å²) in [5.41, 5.74) is 1.27. The molecule has 1 aromatic heterocycles. The second-order valence-electron chi connectivity index (χ2n) is 4.25. The highest BCUT2D eigenvalue weighted by atomic mass is 16.4.